The zero-order valence-electron chi connectivity index (χ0n) is 6.44. The first-order valence-corrected chi connectivity index (χ1v) is 1.22. The van der Waals surface area contributed by atoms with Gasteiger partial charge in [-0.3, -0.25) is 0 Å². The fraction of sp³-hybridized carbons (Fsp3) is 1.00. The summed E-state index contributed by atoms with van der Waals surface area (Å²) in [6.45, 7) is 0.472. The van der Waals surface area contributed by atoms with E-state index in [-0.39, 0.29) is 47.2 Å². The Labute approximate surface area is 64.8 Å². The molecule has 0 amide bonds. The van der Waals surface area contributed by atoms with Crippen LogP contribution in [0.15, 0.2) is 0 Å². The van der Waals surface area contributed by atoms with Crippen LogP contribution >= 0.6 is 0 Å². The van der Waals surface area contributed by atoms with E-state index in [0.717, 1.165) is 0 Å². The second-order valence-electron chi connectivity index (χ2n) is 0.512. The molecule has 0 aromatic heterocycles. The van der Waals surface area contributed by atoms with Gasteiger partial charge in [-0.05, 0) is 0 Å². The molecule has 0 saturated carbocycles. The van der Waals surface area contributed by atoms with Crippen molar-refractivity contribution in [2.75, 3.05) is 13.2 Å². The summed E-state index contributed by atoms with van der Waals surface area (Å²) in [6, 6.07) is 0. The van der Waals surface area contributed by atoms with Crippen LogP contribution in [0.4, 0.5) is 0 Å². The molecule has 0 aromatic rings. The summed E-state index contributed by atoms with van der Waals surface area (Å²) in [4.78, 5) is 0. The van der Waals surface area contributed by atoms with E-state index < -0.39 is 0 Å². The average molecular weight is 77.0 g/mol. The number of hydrogen-bond acceptors (Lipinski definition) is 2. The summed E-state index contributed by atoms with van der Waals surface area (Å²) in [5.74, 6) is 0. The van der Waals surface area contributed by atoms with E-state index in [1.54, 1.807) is 0 Å². The van der Waals surface area contributed by atoms with Crippen LogP contribution in [0.25, 0.3) is 0 Å². The predicted molar refractivity (Wildman–Crippen MR) is 18.4 cm³/mol. The van der Waals surface area contributed by atoms with E-state index in [0.29, 0.717) is 6.54 Å². The van der Waals surface area contributed by atoms with Crippen LogP contribution < -0.4 is 43.5 Å². The average Bonchev–Trinajstić information content (AvgIpc) is 1.37. The molecule has 4 heteroatoms. The van der Waals surface area contributed by atoms with Crippen LogP contribution in [-0.4, -0.2) is 18.3 Å². The molecule has 0 unspecified atom stereocenters. The molecule has 0 aliphatic rings. The summed E-state index contributed by atoms with van der Waals surface area (Å²) >= 11 is 0. The van der Waals surface area contributed by atoms with Crippen LogP contribution in [0.3, 0.4) is 0 Å². The number of rotatable bonds is 1. The van der Waals surface area contributed by atoms with Crippen molar-refractivity contribution in [2.24, 2.45) is 5.73 Å². The molecule has 3 N–H and O–H groups in total. The summed E-state index contributed by atoms with van der Waals surface area (Å²) in [5.41, 5.74) is 4.78. The number of aliphatic hydroxyl groups is 1. The Bertz CT molecular complexity index is 20.0. The smallest absolute Gasteiger partial charge is 1.00 e. The Hall–Kier alpha value is 1.11. The summed E-state index contributed by atoms with van der Waals surface area (Å²) in [5, 5.41) is 7.75. The quantitative estimate of drug-likeness (QED) is 0.305. The third-order valence-electron chi connectivity index (χ3n) is 0.129. The van der Waals surface area contributed by atoms with Crippen LogP contribution in [0, 0.1) is 0 Å². The zero-order chi connectivity index (χ0) is 3.41. The second kappa shape index (κ2) is 16.5. The minimum Gasteiger partial charge on any atom is -1.00 e. The van der Waals surface area contributed by atoms with E-state index in [2.05, 4.69) is 0 Å². The zero-order valence-corrected chi connectivity index (χ0v) is 4.44. The van der Waals surface area contributed by atoms with E-state index in [1.165, 1.54) is 0 Å². The summed E-state index contributed by atoms with van der Waals surface area (Å²) in [7, 11) is 0. The standard InChI is InChI=1S/C2H7NO.2Li.2H/c3-1-2-4;;;;/h4H,1-3H2;;;;/q;2*+1;2*-1. The molecule has 30 valence electrons. The Kier molecular flexibility index (Phi) is 43.2. The van der Waals surface area contributed by atoms with E-state index in [4.69, 9.17) is 10.8 Å². The molecule has 0 aliphatic heterocycles. The minimum absolute atomic E-state index is 0. The Morgan fingerprint density at radius 2 is 1.67 bits per heavy atom. The van der Waals surface area contributed by atoms with Gasteiger partial charge in [0, 0.05) is 6.54 Å². The Morgan fingerprint density at radius 1 is 1.50 bits per heavy atom. The maximum absolute atomic E-state index is 7.75. The van der Waals surface area contributed by atoms with E-state index in [1.807, 2.05) is 0 Å². The molecule has 0 saturated heterocycles. The fourth-order valence-corrected chi connectivity index (χ4v) is 0. The van der Waals surface area contributed by atoms with E-state index in [9.17, 15) is 0 Å². The summed E-state index contributed by atoms with van der Waals surface area (Å²) in [6.07, 6.45) is 0. The largest absolute Gasteiger partial charge is 1.00 e. The topological polar surface area (TPSA) is 46.2 Å². The molecule has 0 radical (unpaired) electrons. The third kappa shape index (κ3) is 19.4. The van der Waals surface area contributed by atoms with Gasteiger partial charge in [0.15, 0.2) is 0 Å². The molecular weight excluding hydrogens is 67.9 g/mol. The molecular formula is C2H9Li2NO. The molecule has 0 aromatic carbocycles. The number of aliphatic hydroxyl groups excluding tert-OH is 1. The molecule has 0 spiro atoms. The third-order valence-corrected chi connectivity index (χ3v) is 0.129. The van der Waals surface area contributed by atoms with Crippen molar-refractivity contribution in [3.63, 3.8) is 0 Å². The van der Waals surface area contributed by atoms with Gasteiger partial charge in [-0.1, -0.05) is 0 Å². The van der Waals surface area contributed by atoms with Gasteiger partial charge in [-0.2, -0.15) is 0 Å². The van der Waals surface area contributed by atoms with Gasteiger partial charge in [0.05, 0.1) is 6.61 Å². The van der Waals surface area contributed by atoms with Crippen molar-refractivity contribution in [1.82, 2.24) is 0 Å². The maximum atomic E-state index is 7.75. The Morgan fingerprint density at radius 3 is 1.67 bits per heavy atom. The van der Waals surface area contributed by atoms with E-state index >= 15 is 0 Å². The van der Waals surface area contributed by atoms with Gasteiger partial charge in [-0.15, -0.1) is 0 Å². The van der Waals surface area contributed by atoms with Gasteiger partial charge < -0.3 is 13.7 Å². The van der Waals surface area contributed by atoms with Crippen molar-refractivity contribution >= 4 is 0 Å². The second-order valence-corrected chi connectivity index (χ2v) is 0.512. The fourth-order valence-electron chi connectivity index (χ4n) is 0. The predicted octanol–water partition coefficient (Wildman–Crippen LogP) is -6.83. The summed E-state index contributed by atoms with van der Waals surface area (Å²) < 4.78 is 0. The first-order valence-electron chi connectivity index (χ1n) is 1.22. The van der Waals surface area contributed by atoms with Crippen LogP contribution in [0.5, 0.6) is 0 Å². The van der Waals surface area contributed by atoms with Crippen molar-refractivity contribution in [3.8, 4) is 0 Å². The van der Waals surface area contributed by atoms with Crippen molar-refractivity contribution in [3.05, 3.63) is 0 Å². The molecule has 2 nitrogen and oxygen atoms in total. The minimum atomic E-state index is 0. The molecule has 0 fully saturated rings. The van der Waals surface area contributed by atoms with Gasteiger partial charge in [0.2, 0.25) is 0 Å². The van der Waals surface area contributed by atoms with Crippen LogP contribution in [0.2, 0.25) is 0 Å². The monoisotopic (exact) mass is 77.1 g/mol. The number of hydrogen-bond donors (Lipinski definition) is 2. The van der Waals surface area contributed by atoms with Crippen molar-refractivity contribution in [2.45, 2.75) is 0 Å². The first kappa shape index (κ1) is 15.7. The Balaban J connectivity index is -0.00000000750. The molecule has 0 rings (SSSR count). The van der Waals surface area contributed by atoms with Crippen molar-refractivity contribution in [1.29, 1.82) is 0 Å². The van der Waals surface area contributed by atoms with Gasteiger partial charge in [0.1, 0.15) is 0 Å². The van der Waals surface area contributed by atoms with Gasteiger partial charge >= 0.3 is 37.7 Å². The molecule has 0 bridgehead atoms. The molecule has 0 aliphatic carbocycles. The molecule has 0 atom stereocenters. The normalized spacial score (nSPS) is 5.00. The van der Waals surface area contributed by atoms with Crippen LogP contribution in [-0.2, 0) is 0 Å². The van der Waals surface area contributed by atoms with Gasteiger partial charge in [-0.25, -0.2) is 0 Å². The van der Waals surface area contributed by atoms with Gasteiger partial charge in [0.25, 0.3) is 0 Å². The maximum Gasteiger partial charge on any atom is 1.00 e. The molecule has 6 heavy (non-hydrogen) atoms. The number of nitrogens with two attached hydrogens (primary N) is 1. The first-order chi connectivity index (χ1) is 1.91. The SMILES string of the molecule is NCCO.[H-].[H-].[Li+].[Li+]. The van der Waals surface area contributed by atoms with Crippen molar-refractivity contribution < 1.29 is 45.7 Å². The molecule has 0 heterocycles. The van der Waals surface area contributed by atoms with Crippen LogP contribution in [0.1, 0.15) is 2.85 Å².